The molecule has 1 unspecified atom stereocenters. The van der Waals surface area contributed by atoms with Gasteiger partial charge in [-0.25, -0.2) is 4.68 Å². The molecule has 0 aromatic carbocycles. The number of aliphatic carboxylic acids is 1. The lowest BCUT2D eigenvalue weighted by Gasteiger charge is -2.24. The van der Waals surface area contributed by atoms with Crippen LogP contribution in [0.2, 0.25) is 0 Å². The standard InChI is InChI=1S/C10H17N5O2S/c1-3-11-10(2,8(16)17)6-18-9-12-13-14-15(9)7-4-5-7/h7,11H,3-6H2,1-2H3,(H,16,17). The van der Waals surface area contributed by atoms with E-state index in [1.54, 1.807) is 11.6 Å². The van der Waals surface area contributed by atoms with Gasteiger partial charge >= 0.3 is 5.97 Å². The van der Waals surface area contributed by atoms with E-state index in [9.17, 15) is 9.90 Å². The van der Waals surface area contributed by atoms with Crippen LogP contribution in [0.15, 0.2) is 5.16 Å². The molecule has 0 aliphatic heterocycles. The van der Waals surface area contributed by atoms with Gasteiger partial charge in [-0.05, 0) is 36.7 Å². The normalized spacial score (nSPS) is 18.6. The SMILES string of the molecule is CCNC(C)(CSc1nnnn1C1CC1)C(=O)O. The van der Waals surface area contributed by atoms with E-state index in [-0.39, 0.29) is 0 Å². The molecule has 2 rings (SSSR count). The molecule has 0 radical (unpaired) electrons. The largest absolute Gasteiger partial charge is 0.480 e. The van der Waals surface area contributed by atoms with Gasteiger partial charge in [-0.1, -0.05) is 18.7 Å². The highest BCUT2D eigenvalue weighted by atomic mass is 32.2. The summed E-state index contributed by atoms with van der Waals surface area (Å²) in [6.45, 7) is 4.17. The van der Waals surface area contributed by atoms with Crippen molar-refractivity contribution in [3.8, 4) is 0 Å². The zero-order valence-corrected chi connectivity index (χ0v) is 11.3. The van der Waals surface area contributed by atoms with Gasteiger partial charge in [0.05, 0.1) is 6.04 Å². The van der Waals surface area contributed by atoms with Crippen LogP contribution in [0.5, 0.6) is 0 Å². The van der Waals surface area contributed by atoms with Crippen molar-refractivity contribution in [2.75, 3.05) is 12.3 Å². The summed E-state index contributed by atoms with van der Waals surface area (Å²) in [6.07, 6.45) is 2.20. The van der Waals surface area contributed by atoms with E-state index in [0.29, 0.717) is 23.5 Å². The first-order chi connectivity index (χ1) is 8.57. The first kappa shape index (κ1) is 13.3. The van der Waals surface area contributed by atoms with Crippen LogP contribution in [-0.2, 0) is 4.79 Å². The van der Waals surface area contributed by atoms with Crippen LogP contribution >= 0.6 is 11.8 Å². The first-order valence-corrected chi connectivity index (χ1v) is 6.94. The van der Waals surface area contributed by atoms with E-state index in [1.165, 1.54) is 11.8 Å². The van der Waals surface area contributed by atoms with Gasteiger partial charge in [0.2, 0.25) is 5.16 Å². The third-order valence-corrected chi connectivity index (χ3v) is 4.13. The lowest BCUT2D eigenvalue weighted by Crippen LogP contribution is -2.51. The molecule has 0 bridgehead atoms. The zero-order chi connectivity index (χ0) is 13.2. The van der Waals surface area contributed by atoms with Gasteiger partial charge in [-0.15, -0.1) is 5.10 Å². The fraction of sp³-hybridized carbons (Fsp3) is 0.800. The van der Waals surface area contributed by atoms with Crippen molar-refractivity contribution in [2.45, 2.75) is 43.4 Å². The van der Waals surface area contributed by atoms with Crippen LogP contribution < -0.4 is 5.32 Å². The van der Waals surface area contributed by atoms with Crippen LogP contribution in [-0.4, -0.2) is 49.1 Å². The van der Waals surface area contributed by atoms with E-state index in [0.717, 1.165) is 12.8 Å². The summed E-state index contributed by atoms with van der Waals surface area (Å²) < 4.78 is 1.79. The monoisotopic (exact) mass is 271 g/mol. The second-order valence-corrected chi connectivity index (χ2v) is 5.54. The maximum atomic E-state index is 11.3. The van der Waals surface area contributed by atoms with Gasteiger partial charge in [0.15, 0.2) is 0 Å². The quantitative estimate of drug-likeness (QED) is 0.700. The second-order valence-electron chi connectivity index (χ2n) is 4.59. The molecule has 0 amide bonds. The molecular weight excluding hydrogens is 254 g/mol. The Hall–Kier alpha value is -1.15. The summed E-state index contributed by atoms with van der Waals surface area (Å²) in [5.74, 6) is -0.467. The molecule has 1 heterocycles. The fourth-order valence-corrected chi connectivity index (χ4v) is 2.67. The lowest BCUT2D eigenvalue weighted by molar-refractivity contribution is -0.143. The minimum absolute atomic E-state index is 0.392. The van der Waals surface area contributed by atoms with E-state index in [2.05, 4.69) is 20.8 Å². The zero-order valence-electron chi connectivity index (χ0n) is 10.5. The molecule has 0 spiro atoms. The van der Waals surface area contributed by atoms with Gasteiger partial charge in [0.25, 0.3) is 0 Å². The summed E-state index contributed by atoms with van der Waals surface area (Å²) in [7, 11) is 0. The van der Waals surface area contributed by atoms with Gasteiger partial charge in [0.1, 0.15) is 5.54 Å². The van der Waals surface area contributed by atoms with Gasteiger partial charge in [0, 0.05) is 5.75 Å². The third kappa shape index (κ3) is 2.81. The summed E-state index contributed by atoms with van der Waals surface area (Å²) >= 11 is 1.38. The molecule has 1 fully saturated rings. The Morgan fingerprint density at radius 3 is 2.94 bits per heavy atom. The van der Waals surface area contributed by atoms with Crippen LogP contribution in [0.25, 0.3) is 0 Å². The number of rotatable bonds is 7. The predicted octanol–water partition coefficient (Wildman–Crippen LogP) is 0.553. The molecule has 100 valence electrons. The van der Waals surface area contributed by atoms with Gasteiger partial charge in [-0.3, -0.25) is 4.79 Å². The molecule has 7 nitrogen and oxygen atoms in total. The molecule has 1 saturated carbocycles. The second kappa shape index (κ2) is 5.23. The average Bonchev–Trinajstić information content (AvgIpc) is 3.06. The molecule has 1 aliphatic carbocycles. The minimum atomic E-state index is -0.959. The van der Waals surface area contributed by atoms with E-state index in [4.69, 9.17) is 0 Å². The number of hydrogen-bond donors (Lipinski definition) is 2. The predicted molar refractivity (Wildman–Crippen MR) is 66.5 cm³/mol. The van der Waals surface area contributed by atoms with Crippen LogP contribution in [0, 0.1) is 0 Å². The molecule has 1 aromatic rings. The summed E-state index contributed by atoms with van der Waals surface area (Å²) in [5.41, 5.74) is -0.959. The summed E-state index contributed by atoms with van der Waals surface area (Å²) in [5, 5.41) is 24.5. The number of carboxylic acids is 1. The highest BCUT2D eigenvalue weighted by Gasteiger charge is 2.34. The lowest BCUT2D eigenvalue weighted by atomic mass is 10.1. The van der Waals surface area contributed by atoms with Gasteiger partial charge in [-0.2, -0.15) is 0 Å². The Balaban J connectivity index is 2.00. The van der Waals surface area contributed by atoms with E-state index < -0.39 is 11.5 Å². The third-order valence-electron chi connectivity index (χ3n) is 2.88. The van der Waals surface area contributed by atoms with Crippen molar-refractivity contribution in [3.63, 3.8) is 0 Å². The minimum Gasteiger partial charge on any atom is -0.480 e. The van der Waals surface area contributed by atoms with Crippen molar-refractivity contribution in [3.05, 3.63) is 0 Å². The number of carbonyl (C=O) groups is 1. The molecule has 1 aliphatic rings. The molecule has 1 aromatic heterocycles. The average molecular weight is 271 g/mol. The van der Waals surface area contributed by atoms with E-state index >= 15 is 0 Å². The number of aromatic nitrogens is 4. The van der Waals surface area contributed by atoms with Crippen molar-refractivity contribution in [1.29, 1.82) is 0 Å². The number of thioether (sulfide) groups is 1. The Morgan fingerprint density at radius 2 is 2.39 bits per heavy atom. The number of carboxylic acid groups (broad SMARTS) is 1. The molecule has 1 atom stereocenters. The van der Waals surface area contributed by atoms with Crippen LogP contribution in [0.1, 0.15) is 32.7 Å². The van der Waals surface area contributed by atoms with Crippen molar-refractivity contribution < 1.29 is 9.90 Å². The number of nitrogens with one attached hydrogen (secondary N) is 1. The number of nitrogens with zero attached hydrogens (tertiary/aromatic N) is 4. The fourth-order valence-electron chi connectivity index (χ4n) is 1.62. The molecule has 0 saturated heterocycles. The highest BCUT2D eigenvalue weighted by molar-refractivity contribution is 7.99. The van der Waals surface area contributed by atoms with Crippen LogP contribution in [0.3, 0.4) is 0 Å². The Kier molecular flexibility index (Phi) is 3.86. The highest BCUT2D eigenvalue weighted by Crippen LogP contribution is 2.36. The molecule has 8 heteroatoms. The molecule has 2 N–H and O–H groups in total. The number of tetrazole rings is 1. The maximum absolute atomic E-state index is 11.3. The maximum Gasteiger partial charge on any atom is 0.324 e. The Bertz CT molecular complexity index is 434. The Labute approximate surface area is 109 Å². The van der Waals surface area contributed by atoms with Gasteiger partial charge < -0.3 is 10.4 Å². The Morgan fingerprint density at radius 1 is 1.67 bits per heavy atom. The van der Waals surface area contributed by atoms with Crippen molar-refractivity contribution >= 4 is 17.7 Å². The number of likely N-dealkylation sites (N-methyl/N-ethyl adjacent to an activating group) is 1. The molecular formula is C10H17N5O2S. The topological polar surface area (TPSA) is 92.9 Å². The summed E-state index contributed by atoms with van der Waals surface area (Å²) in [4.78, 5) is 11.3. The number of hydrogen-bond acceptors (Lipinski definition) is 6. The van der Waals surface area contributed by atoms with Crippen LogP contribution in [0.4, 0.5) is 0 Å². The first-order valence-electron chi connectivity index (χ1n) is 5.96. The van der Waals surface area contributed by atoms with E-state index in [1.807, 2.05) is 6.92 Å². The molecule has 18 heavy (non-hydrogen) atoms. The smallest absolute Gasteiger partial charge is 0.324 e. The van der Waals surface area contributed by atoms with Crippen molar-refractivity contribution in [2.24, 2.45) is 0 Å². The van der Waals surface area contributed by atoms with Crippen molar-refractivity contribution in [1.82, 2.24) is 25.5 Å². The summed E-state index contributed by atoms with van der Waals surface area (Å²) in [6, 6.07) is 0.401.